The van der Waals surface area contributed by atoms with Gasteiger partial charge in [0, 0.05) is 11.5 Å². The van der Waals surface area contributed by atoms with Crippen LogP contribution < -0.4 is 0 Å². The fraction of sp³-hybridized carbons (Fsp3) is 0.857. The summed E-state index contributed by atoms with van der Waals surface area (Å²) in [4.78, 5) is 12.9. The van der Waals surface area contributed by atoms with Crippen molar-refractivity contribution in [3.8, 4) is 0 Å². The van der Waals surface area contributed by atoms with E-state index in [1.54, 1.807) is 6.92 Å². The molecule has 0 fully saturated rings. The highest BCUT2D eigenvalue weighted by atomic mass is 16.4. The summed E-state index contributed by atoms with van der Waals surface area (Å²) in [5, 5.41) is 11.8. The first-order valence-electron chi connectivity index (χ1n) is 3.92. The normalized spacial score (nSPS) is 11.8. The van der Waals surface area contributed by atoms with E-state index < -0.39 is 5.97 Å². The number of carboxylic acid groups (broad SMARTS) is 1. The van der Waals surface area contributed by atoms with E-state index in [9.17, 15) is 4.79 Å². The van der Waals surface area contributed by atoms with Gasteiger partial charge in [-0.15, -0.1) is 0 Å². The number of carboxylic acids is 1. The quantitative estimate of drug-likeness (QED) is 0.287. The van der Waals surface area contributed by atoms with Crippen LogP contribution in [0.15, 0.2) is 5.11 Å². The molecule has 68 valence electrons. The van der Waals surface area contributed by atoms with E-state index in [-0.39, 0.29) is 5.92 Å². The van der Waals surface area contributed by atoms with Gasteiger partial charge in [0.25, 0.3) is 0 Å². The van der Waals surface area contributed by atoms with E-state index in [4.69, 9.17) is 10.6 Å². The molecule has 1 unspecified atom stereocenters. The van der Waals surface area contributed by atoms with Crippen LogP contribution >= 0.6 is 0 Å². The number of azide groups is 1. The SMILES string of the molecule is CC(CCCCN=[N+]=[N-])C(=O)O. The Balaban J connectivity index is 3.31. The Bertz CT molecular complexity index is 187. The van der Waals surface area contributed by atoms with Crippen molar-refractivity contribution in [2.45, 2.75) is 26.2 Å². The fourth-order valence-corrected chi connectivity index (χ4v) is 0.801. The van der Waals surface area contributed by atoms with Crippen LogP contribution in [0.25, 0.3) is 10.4 Å². The van der Waals surface area contributed by atoms with Crippen molar-refractivity contribution in [2.24, 2.45) is 11.0 Å². The number of hydrogen-bond acceptors (Lipinski definition) is 2. The molecular formula is C7H13N3O2. The standard InChI is InChI=1S/C7H13N3O2/c1-6(7(11)12)4-2-3-5-9-10-8/h6H,2-5H2,1H3,(H,11,12). The number of rotatable bonds is 6. The largest absolute Gasteiger partial charge is 0.481 e. The predicted octanol–water partition coefficient (Wildman–Crippen LogP) is 2.19. The Hall–Kier alpha value is -1.22. The molecule has 0 saturated carbocycles. The molecule has 0 aromatic carbocycles. The van der Waals surface area contributed by atoms with Gasteiger partial charge in [-0.3, -0.25) is 4.79 Å². The van der Waals surface area contributed by atoms with Gasteiger partial charge in [-0.2, -0.15) is 0 Å². The van der Waals surface area contributed by atoms with Crippen LogP contribution in [0, 0.1) is 5.92 Å². The van der Waals surface area contributed by atoms with Crippen LogP contribution in [0.5, 0.6) is 0 Å². The maximum atomic E-state index is 10.3. The maximum absolute atomic E-state index is 10.3. The van der Waals surface area contributed by atoms with Crippen LogP contribution in [0.1, 0.15) is 26.2 Å². The highest BCUT2D eigenvalue weighted by Crippen LogP contribution is 2.07. The van der Waals surface area contributed by atoms with Crippen LogP contribution in [-0.2, 0) is 4.79 Å². The Kier molecular flexibility index (Phi) is 5.83. The van der Waals surface area contributed by atoms with Crippen molar-refractivity contribution < 1.29 is 9.90 Å². The van der Waals surface area contributed by atoms with E-state index in [0.717, 1.165) is 12.8 Å². The first-order valence-corrected chi connectivity index (χ1v) is 3.92. The van der Waals surface area contributed by atoms with Crippen molar-refractivity contribution in [3.05, 3.63) is 10.4 Å². The lowest BCUT2D eigenvalue weighted by atomic mass is 10.0. The minimum atomic E-state index is -0.765. The molecule has 0 amide bonds. The minimum Gasteiger partial charge on any atom is -0.481 e. The number of unbranched alkanes of at least 4 members (excludes halogenated alkanes) is 1. The molecule has 0 aliphatic carbocycles. The molecule has 0 spiro atoms. The second kappa shape index (κ2) is 6.49. The minimum absolute atomic E-state index is 0.295. The molecule has 0 saturated heterocycles. The first-order chi connectivity index (χ1) is 5.68. The zero-order valence-electron chi connectivity index (χ0n) is 7.10. The van der Waals surface area contributed by atoms with Crippen LogP contribution in [0.4, 0.5) is 0 Å². The second-order valence-electron chi connectivity index (χ2n) is 2.69. The Morgan fingerprint density at radius 1 is 1.67 bits per heavy atom. The summed E-state index contributed by atoms with van der Waals surface area (Å²) >= 11 is 0. The predicted molar refractivity (Wildman–Crippen MR) is 44.7 cm³/mol. The van der Waals surface area contributed by atoms with Gasteiger partial charge in [0.1, 0.15) is 0 Å². The highest BCUT2D eigenvalue weighted by Gasteiger charge is 2.08. The fourth-order valence-electron chi connectivity index (χ4n) is 0.801. The highest BCUT2D eigenvalue weighted by molar-refractivity contribution is 5.69. The molecule has 0 radical (unpaired) electrons. The van der Waals surface area contributed by atoms with Crippen molar-refractivity contribution in [1.82, 2.24) is 0 Å². The third-order valence-corrected chi connectivity index (χ3v) is 1.63. The summed E-state index contributed by atoms with van der Waals surface area (Å²) in [7, 11) is 0. The van der Waals surface area contributed by atoms with Gasteiger partial charge < -0.3 is 5.11 Å². The van der Waals surface area contributed by atoms with Crippen molar-refractivity contribution in [3.63, 3.8) is 0 Å². The Morgan fingerprint density at radius 3 is 2.83 bits per heavy atom. The molecule has 1 N–H and O–H groups in total. The average molecular weight is 171 g/mol. The zero-order valence-corrected chi connectivity index (χ0v) is 7.10. The topological polar surface area (TPSA) is 86.1 Å². The molecule has 12 heavy (non-hydrogen) atoms. The van der Waals surface area contributed by atoms with Crippen molar-refractivity contribution >= 4 is 5.97 Å². The van der Waals surface area contributed by atoms with Crippen LogP contribution in [0.2, 0.25) is 0 Å². The molecular weight excluding hydrogens is 158 g/mol. The average Bonchev–Trinajstić information content (AvgIpc) is 2.03. The van der Waals surface area contributed by atoms with Gasteiger partial charge in [0.2, 0.25) is 0 Å². The van der Waals surface area contributed by atoms with E-state index in [1.807, 2.05) is 0 Å². The lowest BCUT2D eigenvalue weighted by Crippen LogP contribution is -2.08. The number of aliphatic carboxylic acids is 1. The van der Waals surface area contributed by atoms with Gasteiger partial charge in [-0.1, -0.05) is 18.5 Å². The molecule has 0 aliphatic rings. The van der Waals surface area contributed by atoms with E-state index >= 15 is 0 Å². The maximum Gasteiger partial charge on any atom is 0.306 e. The summed E-state index contributed by atoms with van der Waals surface area (Å²) in [6, 6.07) is 0. The van der Waals surface area contributed by atoms with Gasteiger partial charge >= 0.3 is 5.97 Å². The molecule has 0 aromatic rings. The lowest BCUT2D eigenvalue weighted by Gasteiger charge is -2.03. The molecule has 1 atom stereocenters. The van der Waals surface area contributed by atoms with Crippen molar-refractivity contribution in [2.75, 3.05) is 6.54 Å². The smallest absolute Gasteiger partial charge is 0.306 e. The van der Waals surface area contributed by atoms with Gasteiger partial charge in [0.15, 0.2) is 0 Å². The number of hydrogen-bond donors (Lipinski definition) is 1. The van der Waals surface area contributed by atoms with E-state index in [0.29, 0.717) is 13.0 Å². The molecule has 5 heteroatoms. The van der Waals surface area contributed by atoms with Gasteiger partial charge in [-0.25, -0.2) is 0 Å². The molecule has 0 heterocycles. The molecule has 0 aromatic heterocycles. The van der Waals surface area contributed by atoms with Crippen molar-refractivity contribution in [1.29, 1.82) is 0 Å². The summed E-state index contributed by atoms with van der Waals surface area (Å²) < 4.78 is 0. The molecule has 0 bridgehead atoms. The summed E-state index contributed by atoms with van der Waals surface area (Å²) in [5.74, 6) is -1.06. The van der Waals surface area contributed by atoms with Gasteiger partial charge in [-0.05, 0) is 18.4 Å². The van der Waals surface area contributed by atoms with Gasteiger partial charge in [0.05, 0.1) is 5.92 Å². The second-order valence-corrected chi connectivity index (χ2v) is 2.69. The Labute approximate surface area is 71.0 Å². The summed E-state index contributed by atoms with van der Waals surface area (Å²) in [6.07, 6.45) is 2.21. The first kappa shape index (κ1) is 10.8. The zero-order chi connectivity index (χ0) is 9.40. The van der Waals surface area contributed by atoms with E-state index in [1.165, 1.54) is 0 Å². The number of carbonyl (C=O) groups is 1. The summed E-state index contributed by atoms with van der Waals surface area (Å²) in [6.45, 7) is 2.14. The third-order valence-electron chi connectivity index (χ3n) is 1.63. The lowest BCUT2D eigenvalue weighted by molar-refractivity contribution is -0.141. The van der Waals surface area contributed by atoms with Crippen LogP contribution in [0.3, 0.4) is 0 Å². The van der Waals surface area contributed by atoms with E-state index in [2.05, 4.69) is 10.0 Å². The molecule has 5 nitrogen and oxygen atoms in total. The molecule has 0 aliphatic heterocycles. The monoisotopic (exact) mass is 171 g/mol. The molecule has 0 rings (SSSR count). The summed E-state index contributed by atoms with van der Waals surface area (Å²) in [5.41, 5.74) is 7.93. The number of nitrogens with zero attached hydrogens (tertiary/aromatic N) is 3. The van der Waals surface area contributed by atoms with Crippen LogP contribution in [-0.4, -0.2) is 17.6 Å². The Morgan fingerprint density at radius 2 is 2.33 bits per heavy atom. The third kappa shape index (κ3) is 5.56.